The summed E-state index contributed by atoms with van der Waals surface area (Å²) in [5, 5.41) is 18.8. The first-order valence-corrected chi connectivity index (χ1v) is 5.31. The van der Waals surface area contributed by atoms with Crippen molar-refractivity contribution < 1.29 is 19.7 Å². The zero-order valence-electron chi connectivity index (χ0n) is 8.25. The molecular formula is C10H8Cl2O4. The molecule has 1 aromatic carbocycles. The highest BCUT2D eigenvalue weighted by atomic mass is 35.5. The van der Waals surface area contributed by atoms with E-state index in [2.05, 4.69) is 0 Å². The first-order valence-electron chi connectivity index (χ1n) is 4.56. The molecule has 0 aliphatic carbocycles. The number of fused-ring (bicyclic) bond motifs is 1. The second-order valence-electron chi connectivity index (χ2n) is 3.60. The number of hydrogen-bond acceptors (Lipinski definition) is 4. The Hall–Kier alpha value is -1.13. The van der Waals surface area contributed by atoms with Crippen LogP contribution in [0.15, 0.2) is 0 Å². The summed E-state index contributed by atoms with van der Waals surface area (Å²) in [5.41, 5.74) is 0.302. The second-order valence-corrected chi connectivity index (χ2v) is 4.35. The molecule has 1 heterocycles. The number of carbonyl (C=O) groups excluding carboxylic acids is 1. The summed E-state index contributed by atoms with van der Waals surface area (Å²) in [6.07, 6.45) is -0.0180. The van der Waals surface area contributed by atoms with Gasteiger partial charge in [0.2, 0.25) is 0 Å². The average Bonchev–Trinajstić information content (AvgIpc) is 2.22. The SMILES string of the molecule is C[C@@H]1Cc2c(Cl)c(O)c(Cl)c(O)c2C(=O)O1. The van der Waals surface area contributed by atoms with Crippen LogP contribution in [0.1, 0.15) is 22.8 Å². The van der Waals surface area contributed by atoms with Crippen LogP contribution in [-0.4, -0.2) is 22.3 Å². The lowest BCUT2D eigenvalue weighted by molar-refractivity contribution is 0.0297. The number of phenolic OH excluding ortho intramolecular Hbond substituents is 2. The number of benzene rings is 1. The van der Waals surface area contributed by atoms with Crippen molar-refractivity contribution in [1.29, 1.82) is 0 Å². The Morgan fingerprint density at radius 2 is 1.88 bits per heavy atom. The summed E-state index contributed by atoms with van der Waals surface area (Å²) >= 11 is 11.5. The molecule has 4 nitrogen and oxygen atoms in total. The van der Waals surface area contributed by atoms with Gasteiger partial charge in [-0.25, -0.2) is 4.79 Å². The number of hydrogen-bond donors (Lipinski definition) is 2. The summed E-state index contributed by atoms with van der Waals surface area (Å²) < 4.78 is 4.95. The predicted molar refractivity (Wildman–Crippen MR) is 58.4 cm³/mol. The zero-order chi connectivity index (χ0) is 12.0. The van der Waals surface area contributed by atoms with Gasteiger partial charge in [-0.2, -0.15) is 0 Å². The maximum Gasteiger partial charge on any atom is 0.342 e. The van der Waals surface area contributed by atoms with Crippen LogP contribution in [0.25, 0.3) is 0 Å². The number of esters is 1. The lowest BCUT2D eigenvalue weighted by atomic mass is 9.97. The van der Waals surface area contributed by atoms with Gasteiger partial charge in [-0.05, 0) is 12.5 Å². The molecule has 0 unspecified atom stereocenters. The van der Waals surface area contributed by atoms with E-state index < -0.39 is 17.5 Å². The molecule has 0 radical (unpaired) electrons. The van der Waals surface area contributed by atoms with E-state index in [1.54, 1.807) is 6.92 Å². The fraction of sp³-hybridized carbons (Fsp3) is 0.300. The van der Waals surface area contributed by atoms with Crippen LogP contribution in [0.4, 0.5) is 0 Å². The Balaban J connectivity index is 2.76. The Bertz CT molecular complexity index is 484. The van der Waals surface area contributed by atoms with Crippen LogP contribution in [-0.2, 0) is 11.2 Å². The van der Waals surface area contributed by atoms with Crippen molar-refractivity contribution in [2.75, 3.05) is 0 Å². The van der Waals surface area contributed by atoms with E-state index >= 15 is 0 Å². The van der Waals surface area contributed by atoms with Gasteiger partial charge in [0.1, 0.15) is 16.7 Å². The standard InChI is InChI=1S/C10H8Cl2O4/c1-3-2-4-5(10(15)16-3)8(13)7(12)9(14)6(4)11/h3,13-14H,2H2,1H3/t3-/m1/s1. The van der Waals surface area contributed by atoms with Crippen molar-refractivity contribution in [3.8, 4) is 11.5 Å². The number of ether oxygens (including phenoxy) is 1. The summed E-state index contributed by atoms with van der Waals surface area (Å²) in [4.78, 5) is 11.6. The van der Waals surface area contributed by atoms with Gasteiger partial charge in [0.25, 0.3) is 0 Å². The Morgan fingerprint density at radius 1 is 1.25 bits per heavy atom. The maximum atomic E-state index is 11.6. The van der Waals surface area contributed by atoms with E-state index in [9.17, 15) is 15.0 Å². The minimum Gasteiger partial charge on any atom is -0.505 e. The molecule has 1 aliphatic heterocycles. The normalized spacial score (nSPS) is 19.2. The van der Waals surface area contributed by atoms with E-state index in [0.29, 0.717) is 12.0 Å². The molecule has 1 aromatic rings. The molecule has 0 fully saturated rings. The molecule has 0 spiro atoms. The molecule has 2 N–H and O–H groups in total. The van der Waals surface area contributed by atoms with Crippen LogP contribution in [0, 0.1) is 0 Å². The first kappa shape index (κ1) is 11.4. The highest BCUT2D eigenvalue weighted by Crippen LogP contribution is 2.46. The summed E-state index contributed by atoms with van der Waals surface area (Å²) in [6, 6.07) is 0. The molecule has 0 amide bonds. The molecule has 6 heteroatoms. The van der Waals surface area contributed by atoms with Gasteiger partial charge in [0.15, 0.2) is 11.5 Å². The quantitative estimate of drug-likeness (QED) is 0.706. The molecule has 2 rings (SSSR count). The molecule has 0 saturated carbocycles. The highest BCUT2D eigenvalue weighted by Gasteiger charge is 2.32. The van der Waals surface area contributed by atoms with E-state index in [1.807, 2.05) is 0 Å². The number of aromatic hydroxyl groups is 2. The topological polar surface area (TPSA) is 66.8 Å². The van der Waals surface area contributed by atoms with Gasteiger partial charge in [0.05, 0.1) is 5.02 Å². The fourth-order valence-electron chi connectivity index (χ4n) is 1.70. The van der Waals surface area contributed by atoms with Gasteiger partial charge < -0.3 is 14.9 Å². The largest absolute Gasteiger partial charge is 0.505 e. The van der Waals surface area contributed by atoms with Crippen LogP contribution in [0.3, 0.4) is 0 Å². The van der Waals surface area contributed by atoms with Gasteiger partial charge >= 0.3 is 5.97 Å². The third-order valence-corrected chi connectivity index (χ3v) is 3.20. The van der Waals surface area contributed by atoms with E-state index in [1.165, 1.54) is 0 Å². The lowest BCUT2D eigenvalue weighted by Gasteiger charge is -2.24. The van der Waals surface area contributed by atoms with Gasteiger partial charge in [0, 0.05) is 6.42 Å². The van der Waals surface area contributed by atoms with Gasteiger partial charge in [-0.15, -0.1) is 0 Å². The van der Waals surface area contributed by atoms with Crippen molar-refractivity contribution in [2.45, 2.75) is 19.4 Å². The highest BCUT2D eigenvalue weighted by molar-refractivity contribution is 6.39. The molecule has 0 saturated heterocycles. The predicted octanol–water partition coefficient (Wildman–Crippen LogP) is 2.51. The molecule has 0 aromatic heterocycles. The maximum absolute atomic E-state index is 11.6. The van der Waals surface area contributed by atoms with Crippen molar-refractivity contribution in [2.24, 2.45) is 0 Å². The Morgan fingerprint density at radius 3 is 2.50 bits per heavy atom. The lowest BCUT2D eigenvalue weighted by Crippen LogP contribution is -2.25. The van der Waals surface area contributed by atoms with Gasteiger partial charge in [-0.3, -0.25) is 0 Å². The first-order chi connectivity index (χ1) is 7.43. The Labute approximate surface area is 101 Å². The van der Waals surface area contributed by atoms with Gasteiger partial charge in [-0.1, -0.05) is 23.2 Å². The number of rotatable bonds is 0. The number of phenols is 2. The zero-order valence-corrected chi connectivity index (χ0v) is 9.76. The van der Waals surface area contributed by atoms with Crippen LogP contribution < -0.4 is 0 Å². The average molecular weight is 263 g/mol. The van der Waals surface area contributed by atoms with Crippen LogP contribution in [0.5, 0.6) is 11.5 Å². The molecule has 0 bridgehead atoms. The molecule has 1 aliphatic rings. The molecule has 86 valence electrons. The number of cyclic esters (lactones) is 1. The number of halogens is 2. The molecule has 16 heavy (non-hydrogen) atoms. The monoisotopic (exact) mass is 262 g/mol. The second kappa shape index (κ2) is 3.71. The summed E-state index contributed by atoms with van der Waals surface area (Å²) in [7, 11) is 0. The summed E-state index contributed by atoms with van der Waals surface area (Å²) in [6.45, 7) is 1.69. The van der Waals surface area contributed by atoms with Crippen molar-refractivity contribution in [3.05, 3.63) is 21.2 Å². The third kappa shape index (κ3) is 1.49. The van der Waals surface area contributed by atoms with Crippen molar-refractivity contribution in [1.82, 2.24) is 0 Å². The van der Waals surface area contributed by atoms with Crippen molar-refractivity contribution >= 4 is 29.2 Å². The minimum absolute atomic E-state index is 0.0127. The van der Waals surface area contributed by atoms with Crippen LogP contribution in [0.2, 0.25) is 10.0 Å². The minimum atomic E-state index is -0.685. The number of carbonyl (C=O) groups is 1. The smallest absolute Gasteiger partial charge is 0.342 e. The van der Waals surface area contributed by atoms with E-state index in [0.717, 1.165) is 0 Å². The van der Waals surface area contributed by atoms with E-state index in [4.69, 9.17) is 27.9 Å². The Kier molecular flexibility index (Phi) is 2.64. The summed E-state index contributed by atoms with van der Waals surface area (Å²) in [5.74, 6) is -1.59. The molecule has 1 atom stereocenters. The van der Waals surface area contributed by atoms with Crippen molar-refractivity contribution in [3.63, 3.8) is 0 Å². The van der Waals surface area contributed by atoms with Crippen LogP contribution >= 0.6 is 23.2 Å². The fourth-order valence-corrected chi connectivity index (χ4v) is 2.20. The molecular weight excluding hydrogens is 255 g/mol. The third-order valence-electron chi connectivity index (χ3n) is 2.43. The van der Waals surface area contributed by atoms with E-state index in [-0.39, 0.29) is 21.7 Å².